The number of nitrogens with zero attached hydrogens (tertiary/aromatic N) is 4. The molecule has 0 aliphatic heterocycles. The lowest BCUT2D eigenvalue weighted by atomic mass is 10.3. The van der Waals surface area contributed by atoms with Crippen LogP contribution in [0.4, 0.5) is 17.3 Å². The normalized spacial score (nSPS) is 10.9. The maximum Gasteiger partial charge on any atom is 0.220 e. The average Bonchev–Trinajstić information content (AvgIpc) is 2.38. The van der Waals surface area contributed by atoms with E-state index in [4.69, 9.17) is 10.5 Å². The predicted octanol–water partition coefficient (Wildman–Crippen LogP) is 3.10. The summed E-state index contributed by atoms with van der Waals surface area (Å²) in [4.78, 5) is 8.14. The van der Waals surface area contributed by atoms with Crippen LogP contribution >= 0.6 is 0 Å². The van der Waals surface area contributed by atoms with E-state index in [0.29, 0.717) is 28.5 Å². The van der Waals surface area contributed by atoms with Crippen LogP contribution in [0.3, 0.4) is 0 Å². The highest BCUT2D eigenvalue weighted by molar-refractivity contribution is 5.52. The molecule has 6 heteroatoms. The van der Waals surface area contributed by atoms with Crippen molar-refractivity contribution in [1.82, 2.24) is 9.97 Å². The van der Waals surface area contributed by atoms with E-state index in [-0.39, 0.29) is 5.95 Å². The van der Waals surface area contributed by atoms with Gasteiger partial charge in [-0.1, -0.05) is 12.1 Å². The first-order valence-electron chi connectivity index (χ1n) is 5.77. The number of rotatable bonds is 3. The summed E-state index contributed by atoms with van der Waals surface area (Å²) in [6.07, 6.45) is 0. The lowest BCUT2D eigenvalue weighted by Crippen LogP contribution is -1.98. The van der Waals surface area contributed by atoms with Crippen LogP contribution in [0.15, 0.2) is 34.5 Å². The molecule has 6 nitrogen and oxygen atoms in total. The lowest BCUT2D eigenvalue weighted by Gasteiger charge is -2.04. The fraction of sp³-hybridized carbons (Fsp3) is 0.231. The first-order valence-corrected chi connectivity index (χ1v) is 5.77. The second kappa shape index (κ2) is 5.43. The number of para-hydroxylation sites is 1. The number of methoxy groups -OCH3 is 1. The molecule has 0 unspecified atom stereocenters. The molecule has 1 heterocycles. The maximum absolute atomic E-state index is 5.57. The van der Waals surface area contributed by atoms with E-state index >= 15 is 0 Å². The van der Waals surface area contributed by atoms with Crippen LogP contribution in [0.1, 0.15) is 11.4 Å². The Morgan fingerprint density at radius 2 is 1.68 bits per heavy atom. The number of ether oxygens (including phenoxy) is 1. The molecule has 0 atom stereocenters. The molecule has 2 rings (SSSR count). The van der Waals surface area contributed by atoms with Gasteiger partial charge in [-0.2, -0.15) is 0 Å². The van der Waals surface area contributed by atoms with E-state index in [1.165, 1.54) is 0 Å². The van der Waals surface area contributed by atoms with Crippen LogP contribution in [0.25, 0.3) is 0 Å². The highest BCUT2D eigenvalue weighted by Crippen LogP contribution is 2.29. The van der Waals surface area contributed by atoms with E-state index in [0.717, 1.165) is 0 Å². The number of aryl methyl sites for hydroxylation is 2. The van der Waals surface area contributed by atoms with Crippen LogP contribution < -0.4 is 10.5 Å². The minimum absolute atomic E-state index is 0.242. The van der Waals surface area contributed by atoms with Gasteiger partial charge in [0, 0.05) is 0 Å². The van der Waals surface area contributed by atoms with Gasteiger partial charge in [0.15, 0.2) is 0 Å². The number of nitrogen functional groups attached to an aromatic ring is 1. The van der Waals surface area contributed by atoms with Gasteiger partial charge in [0.1, 0.15) is 17.1 Å². The fourth-order valence-corrected chi connectivity index (χ4v) is 1.70. The summed E-state index contributed by atoms with van der Waals surface area (Å²) in [6.45, 7) is 3.64. The lowest BCUT2D eigenvalue weighted by molar-refractivity contribution is 0.416. The van der Waals surface area contributed by atoms with Gasteiger partial charge in [-0.3, -0.25) is 0 Å². The van der Waals surface area contributed by atoms with Crippen LogP contribution in [0.5, 0.6) is 5.75 Å². The molecule has 0 saturated carbocycles. The second-order valence-electron chi connectivity index (χ2n) is 3.97. The third-order valence-electron chi connectivity index (χ3n) is 2.59. The van der Waals surface area contributed by atoms with Crippen LogP contribution in [0.2, 0.25) is 0 Å². The highest BCUT2D eigenvalue weighted by Gasteiger charge is 2.06. The van der Waals surface area contributed by atoms with Gasteiger partial charge in [-0.15, -0.1) is 10.2 Å². The summed E-state index contributed by atoms with van der Waals surface area (Å²) in [6, 6.07) is 7.40. The largest absolute Gasteiger partial charge is 0.494 e. The van der Waals surface area contributed by atoms with Crippen molar-refractivity contribution in [1.29, 1.82) is 0 Å². The quantitative estimate of drug-likeness (QED) is 0.856. The van der Waals surface area contributed by atoms with Crippen molar-refractivity contribution in [3.63, 3.8) is 0 Å². The average molecular weight is 257 g/mol. The van der Waals surface area contributed by atoms with Crippen molar-refractivity contribution in [2.24, 2.45) is 10.2 Å². The smallest absolute Gasteiger partial charge is 0.220 e. The third kappa shape index (κ3) is 2.85. The van der Waals surface area contributed by atoms with E-state index < -0.39 is 0 Å². The number of anilines is 1. The summed E-state index contributed by atoms with van der Waals surface area (Å²) in [5.74, 6) is 0.907. The Morgan fingerprint density at radius 3 is 2.32 bits per heavy atom. The molecule has 0 aliphatic rings. The predicted molar refractivity (Wildman–Crippen MR) is 73.1 cm³/mol. The number of nitrogens with two attached hydrogens (primary N) is 1. The monoisotopic (exact) mass is 257 g/mol. The number of aromatic nitrogens is 2. The molecule has 2 N–H and O–H groups in total. The first kappa shape index (κ1) is 12.9. The topological polar surface area (TPSA) is 85.8 Å². The van der Waals surface area contributed by atoms with Crippen molar-refractivity contribution >= 4 is 17.3 Å². The SMILES string of the molecule is COc1ccccc1N=Nc1c(C)nc(N)nc1C. The zero-order valence-corrected chi connectivity index (χ0v) is 11.1. The Kier molecular flexibility index (Phi) is 3.70. The second-order valence-corrected chi connectivity index (χ2v) is 3.97. The highest BCUT2D eigenvalue weighted by atomic mass is 16.5. The number of azo groups is 1. The summed E-state index contributed by atoms with van der Waals surface area (Å²) < 4.78 is 5.21. The summed E-state index contributed by atoms with van der Waals surface area (Å²) in [5.41, 5.74) is 8.24. The molecule has 0 aliphatic carbocycles. The minimum atomic E-state index is 0.242. The molecule has 0 fully saturated rings. The van der Waals surface area contributed by atoms with Gasteiger partial charge < -0.3 is 10.5 Å². The van der Waals surface area contributed by atoms with Gasteiger partial charge in [-0.05, 0) is 26.0 Å². The Morgan fingerprint density at radius 1 is 1.05 bits per heavy atom. The van der Waals surface area contributed by atoms with Gasteiger partial charge >= 0.3 is 0 Å². The molecule has 98 valence electrons. The zero-order valence-electron chi connectivity index (χ0n) is 11.1. The van der Waals surface area contributed by atoms with Crippen LogP contribution in [-0.4, -0.2) is 17.1 Å². The summed E-state index contributed by atoms with van der Waals surface area (Å²) in [5, 5.41) is 8.37. The first-order chi connectivity index (χ1) is 9.11. The van der Waals surface area contributed by atoms with Crippen molar-refractivity contribution in [3.8, 4) is 5.75 Å². The third-order valence-corrected chi connectivity index (χ3v) is 2.59. The van der Waals surface area contributed by atoms with Crippen molar-refractivity contribution < 1.29 is 4.74 Å². The molecule has 1 aromatic carbocycles. The maximum atomic E-state index is 5.57. The molecule has 19 heavy (non-hydrogen) atoms. The van der Waals surface area contributed by atoms with Gasteiger partial charge in [0.05, 0.1) is 18.5 Å². The van der Waals surface area contributed by atoms with E-state index in [1.807, 2.05) is 38.1 Å². The summed E-state index contributed by atoms with van der Waals surface area (Å²) in [7, 11) is 1.59. The van der Waals surface area contributed by atoms with Crippen LogP contribution in [-0.2, 0) is 0 Å². The standard InChI is InChI=1S/C13H15N5O/c1-8-12(9(2)16-13(14)15-8)18-17-10-6-4-5-7-11(10)19-3/h4-7H,1-3H3,(H2,14,15,16). The summed E-state index contributed by atoms with van der Waals surface area (Å²) >= 11 is 0. The molecular weight excluding hydrogens is 242 g/mol. The van der Waals surface area contributed by atoms with Crippen molar-refractivity contribution in [3.05, 3.63) is 35.7 Å². The van der Waals surface area contributed by atoms with Crippen molar-refractivity contribution in [2.75, 3.05) is 12.8 Å². The van der Waals surface area contributed by atoms with Gasteiger partial charge in [0.25, 0.3) is 0 Å². The van der Waals surface area contributed by atoms with Gasteiger partial charge in [-0.25, -0.2) is 9.97 Å². The Balaban J connectivity index is 2.38. The van der Waals surface area contributed by atoms with E-state index in [1.54, 1.807) is 7.11 Å². The number of hydrogen-bond acceptors (Lipinski definition) is 6. The Labute approximate surface area is 111 Å². The fourth-order valence-electron chi connectivity index (χ4n) is 1.70. The van der Waals surface area contributed by atoms with E-state index in [2.05, 4.69) is 20.2 Å². The number of benzene rings is 1. The molecule has 0 spiro atoms. The molecular formula is C13H15N5O. The van der Waals surface area contributed by atoms with Crippen molar-refractivity contribution in [2.45, 2.75) is 13.8 Å². The zero-order chi connectivity index (χ0) is 13.8. The number of hydrogen-bond donors (Lipinski definition) is 1. The molecule has 1 aromatic heterocycles. The Bertz CT molecular complexity index is 601. The van der Waals surface area contributed by atoms with Gasteiger partial charge in [0.2, 0.25) is 5.95 Å². The minimum Gasteiger partial charge on any atom is -0.494 e. The molecule has 0 amide bonds. The molecule has 0 bridgehead atoms. The molecule has 0 saturated heterocycles. The van der Waals surface area contributed by atoms with Crippen LogP contribution in [0, 0.1) is 13.8 Å². The molecule has 0 radical (unpaired) electrons. The van der Waals surface area contributed by atoms with E-state index in [9.17, 15) is 0 Å². The Hall–Kier alpha value is -2.50. The molecule has 2 aromatic rings.